The smallest absolute Gasteiger partial charge is 0.133 e. The highest BCUT2D eigenvalue weighted by Crippen LogP contribution is 2.14. The molecule has 0 aromatic rings. The number of carbonyl (C=O) groups is 1. The van der Waals surface area contributed by atoms with Crippen LogP contribution in [0.15, 0.2) is 11.6 Å². The van der Waals surface area contributed by atoms with Crippen molar-refractivity contribution in [1.82, 2.24) is 4.90 Å². The van der Waals surface area contributed by atoms with Crippen molar-refractivity contribution >= 4 is 5.78 Å². The maximum Gasteiger partial charge on any atom is 0.133 e. The van der Waals surface area contributed by atoms with Gasteiger partial charge in [-0.05, 0) is 19.8 Å². The molecule has 86 valence electrons. The summed E-state index contributed by atoms with van der Waals surface area (Å²) in [4.78, 5) is 13.4. The van der Waals surface area contributed by atoms with Crippen LogP contribution < -0.4 is 0 Å². The van der Waals surface area contributed by atoms with E-state index in [4.69, 9.17) is 4.74 Å². The lowest BCUT2D eigenvalue weighted by Gasteiger charge is -2.19. The maximum absolute atomic E-state index is 11.0. The Morgan fingerprint density at radius 2 is 2.33 bits per heavy atom. The fourth-order valence-electron chi connectivity index (χ4n) is 1.89. The Bertz CT molecular complexity index is 236. The summed E-state index contributed by atoms with van der Waals surface area (Å²) in [5, 5.41) is 0. The van der Waals surface area contributed by atoms with Crippen LogP contribution in [0.5, 0.6) is 0 Å². The van der Waals surface area contributed by atoms with Crippen molar-refractivity contribution in [3.63, 3.8) is 0 Å². The second-order valence-electron chi connectivity index (χ2n) is 4.11. The normalized spacial score (nSPS) is 18.4. The maximum atomic E-state index is 11.0. The van der Waals surface area contributed by atoms with Crippen LogP contribution in [0.1, 0.15) is 26.2 Å². The second kappa shape index (κ2) is 6.75. The average molecular weight is 211 g/mol. The van der Waals surface area contributed by atoms with Gasteiger partial charge in [0, 0.05) is 33.2 Å². The van der Waals surface area contributed by atoms with E-state index in [0.29, 0.717) is 6.42 Å². The molecule has 0 fully saturated rings. The first-order chi connectivity index (χ1) is 7.22. The lowest BCUT2D eigenvalue weighted by atomic mass is 10.1. The third kappa shape index (κ3) is 5.09. The van der Waals surface area contributed by atoms with Crippen molar-refractivity contribution in [2.24, 2.45) is 0 Å². The first-order valence-corrected chi connectivity index (χ1v) is 5.61. The Hall–Kier alpha value is -0.670. The molecule has 0 amide bonds. The van der Waals surface area contributed by atoms with E-state index in [0.717, 1.165) is 39.1 Å². The van der Waals surface area contributed by atoms with Crippen LogP contribution in [0, 0.1) is 0 Å². The molecule has 3 heteroatoms. The van der Waals surface area contributed by atoms with Crippen LogP contribution in [0.4, 0.5) is 0 Å². The monoisotopic (exact) mass is 211 g/mol. The van der Waals surface area contributed by atoms with Crippen LogP contribution >= 0.6 is 0 Å². The number of nitrogens with zero attached hydrogens (tertiary/aromatic N) is 1. The molecule has 0 N–H and O–H groups in total. The molecule has 0 spiro atoms. The number of methoxy groups -OCH3 is 1. The summed E-state index contributed by atoms with van der Waals surface area (Å²) in [6.07, 6.45) is 4.96. The van der Waals surface area contributed by atoms with E-state index in [1.165, 1.54) is 5.57 Å². The lowest BCUT2D eigenvalue weighted by Crippen LogP contribution is -2.28. The van der Waals surface area contributed by atoms with Gasteiger partial charge in [0.1, 0.15) is 5.78 Å². The third-order valence-corrected chi connectivity index (χ3v) is 2.72. The average Bonchev–Trinajstić information content (AvgIpc) is 2.40. The minimum Gasteiger partial charge on any atom is -0.383 e. The highest BCUT2D eigenvalue weighted by molar-refractivity contribution is 5.78. The van der Waals surface area contributed by atoms with E-state index in [1.54, 1.807) is 14.0 Å². The quantitative estimate of drug-likeness (QED) is 0.647. The standard InChI is InChI=1S/C12H21NO2/c1-11(14)10-12-4-3-6-13(7-5-12)8-9-15-2/h4H,3,5-10H2,1-2H3. The summed E-state index contributed by atoms with van der Waals surface area (Å²) >= 11 is 0. The summed E-state index contributed by atoms with van der Waals surface area (Å²) in [6, 6.07) is 0. The van der Waals surface area contributed by atoms with Gasteiger partial charge in [0.15, 0.2) is 0 Å². The lowest BCUT2D eigenvalue weighted by molar-refractivity contribution is -0.116. The molecule has 0 saturated heterocycles. The number of rotatable bonds is 5. The fraction of sp³-hybridized carbons (Fsp3) is 0.750. The van der Waals surface area contributed by atoms with Gasteiger partial charge in [-0.25, -0.2) is 0 Å². The minimum absolute atomic E-state index is 0.270. The van der Waals surface area contributed by atoms with E-state index < -0.39 is 0 Å². The Kier molecular flexibility index (Phi) is 5.58. The second-order valence-corrected chi connectivity index (χ2v) is 4.11. The number of ether oxygens (including phenoxy) is 1. The summed E-state index contributed by atoms with van der Waals surface area (Å²) in [5.41, 5.74) is 1.31. The number of ketones is 1. The number of carbonyl (C=O) groups excluding carboxylic acids is 1. The summed E-state index contributed by atoms with van der Waals surface area (Å²) in [6.45, 7) is 5.60. The van der Waals surface area contributed by atoms with Crippen molar-refractivity contribution in [1.29, 1.82) is 0 Å². The fourth-order valence-corrected chi connectivity index (χ4v) is 1.89. The summed E-state index contributed by atoms with van der Waals surface area (Å²) in [5.74, 6) is 0.270. The Balaban J connectivity index is 2.31. The molecule has 1 aliphatic heterocycles. The minimum atomic E-state index is 0.270. The first kappa shape index (κ1) is 12.4. The molecule has 0 aromatic carbocycles. The van der Waals surface area contributed by atoms with E-state index in [1.807, 2.05) is 0 Å². The first-order valence-electron chi connectivity index (χ1n) is 5.61. The van der Waals surface area contributed by atoms with Crippen LogP contribution in [0.25, 0.3) is 0 Å². The van der Waals surface area contributed by atoms with Crippen LogP contribution in [-0.2, 0) is 9.53 Å². The van der Waals surface area contributed by atoms with E-state index in [9.17, 15) is 4.79 Å². The van der Waals surface area contributed by atoms with Crippen LogP contribution in [0.2, 0.25) is 0 Å². The van der Waals surface area contributed by atoms with Gasteiger partial charge in [-0.15, -0.1) is 0 Å². The Labute approximate surface area is 92.1 Å². The van der Waals surface area contributed by atoms with Crippen LogP contribution in [-0.4, -0.2) is 44.0 Å². The topological polar surface area (TPSA) is 29.5 Å². The molecule has 0 aliphatic carbocycles. The molecular formula is C12H21NO2. The molecule has 1 heterocycles. The highest BCUT2D eigenvalue weighted by atomic mass is 16.5. The SMILES string of the molecule is COCCN1CCC=C(CC(C)=O)CC1. The zero-order valence-corrected chi connectivity index (χ0v) is 9.79. The van der Waals surface area contributed by atoms with Gasteiger partial charge in [0.25, 0.3) is 0 Å². The highest BCUT2D eigenvalue weighted by Gasteiger charge is 2.10. The summed E-state index contributed by atoms with van der Waals surface area (Å²) in [7, 11) is 1.73. The molecule has 0 radical (unpaired) electrons. The van der Waals surface area contributed by atoms with Crippen molar-refractivity contribution in [2.75, 3.05) is 33.4 Å². The van der Waals surface area contributed by atoms with Crippen LogP contribution in [0.3, 0.4) is 0 Å². The predicted molar refractivity (Wildman–Crippen MR) is 60.9 cm³/mol. The Morgan fingerprint density at radius 1 is 1.53 bits per heavy atom. The molecule has 0 bridgehead atoms. The van der Waals surface area contributed by atoms with Gasteiger partial charge in [0.05, 0.1) is 6.61 Å². The van der Waals surface area contributed by atoms with E-state index in [2.05, 4.69) is 11.0 Å². The van der Waals surface area contributed by atoms with Crippen molar-refractivity contribution in [2.45, 2.75) is 26.2 Å². The van der Waals surface area contributed by atoms with Gasteiger partial charge in [-0.2, -0.15) is 0 Å². The number of hydrogen-bond donors (Lipinski definition) is 0. The van der Waals surface area contributed by atoms with Gasteiger partial charge < -0.3 is 9.64 Å². The van der Waals surface area contributed by atoms with Crippen molar-refractivity contribution in [3.05, 3.63) is 11.6 Å². The van der Waals surface area contributed by atoms with E-state index >= 15 is 0 Å². The number of hydrogen-bond acceptors (Lipinski definition) is 3. The van der Waals surface area contributed by atoms with E-state index in [-0.39, 0.29) is 5.78 Å². The zero-order chi connectivity index (χ0) is 11.1. The molecule has 0 unspecified atom stereocenters. The van der Waals surface area contributed by atoms with Gasteiger partial charge in [-0.1, -0.05) is 11.6 Å². The molecular weight excluding hydrogens is 190 g/mol. The third-order valence-electron chi connectivity index (χ3n) is 2.72. The van der Waals surface area contributed by atoms with Crippen molar-refractivity contribution in [3.8, 4) is 0 Å². The number of Topliss-reactive ketones (excluding diaryl/α,β-unsaturated/α-hetero) is 1. The van der Waals surface area contributed by atoms with Gasteiger partial charge in [-0.3, -0.25) is 4.79 Å². The van der Waals surface area contributed by atoms with Crippen molar-refractivity contribution < 1.29 is 9.53 Å². The largest absolute Gasteiger partial charge is 0.383 e. The molecule has 1 aliphatic rings. The zero-order valence-electron chi connectivity index (χ0n) is 9.79. The molecule has 1 rings (SSSR count). The molecule has 0 atom stereocenters. The summed E-state index contributed by atoms with van der Waals surface area (Å²) < 4.78 is 5.06. The molecule has 3 nitrogen and oxygen atoms in total. The molecule has 0 aromatic heterocycles. The molecule has 0 saturated carbocycles. The Morgan fingerprint density at radius 3 is 3.00 bits per heavy atom. The van der Waals surface area contributed by atoms with Gasteiger partial charge in [0.2, 0.25) is 0 Å². The predicted octanol–water partition coefficient (Wildman–Crippen LogP) is 1.63. The van der Waals surface area contributed by atoms with Gasteiger partial charge >= 0.3 is 0 Å². The molecule has 15 heavy (non-hydrogen) atoms.